The highest BCUT2D eigenvalue weighted by molar-refractivity contribution is 7.85. The predicted molar refractivity (Wildman–Crippen MR) is 79.8 cm³/mol. The minimum absolute atomic E-state index is 0.125. The molecule has 0 bridgehead atoms. The molecule has 1 aliphatic heterocycles. The van der Waals surface area contributed by atoms with Crippen LogP contribution in [0.4, 0.5) is 0 Å². The third-order valence-electron chi connectivity index (χ3n) is 3.20. The van der Waals surface area contributed by atoms with Gasteiger partial charge in [-0.3, -0.25) is 5.41 Å². The smallest absolute Gasteiger partial charge is 0.154 e. The molecule has 0 amide bonds. The van der Waals surface area contributed by atoms with Gasteiger partial charge in [-0.1, -0.05) is 17.7 Å². The molecule has 1 unspecified atom stereocenters. The van der Waals surface area contributed by atoms with E-state index in [-0.39, 0.29) is 5.84 Å². The summed E-state index contributed by atoms with van der Waals surface area (Å²) >= 11 is 0. The molecule has 2 aromatic rings. The zero-order valence-electron chi connectivity index (χ0n) is 10.9. The highest BCUT2D eigenvalue weighted by Crippen LogP contribution is 2.23. The molecule has 3 rings (SSSR count). The molecule has 3 N–H and O–H groups in total. The minimum Gasteiger partial charge on any atom is -0.383 e. The Bertz CT molecular complexity index is 763. The van der Waals surface area contributed by atoms with Crippen molar-refractivity contribution in [3.63, 3.8) is 0 Å². The van der Waals surface area contributed by atoms with Crippen LogP contribution in [0.3, 0.4) is 0 Å². The molecule has 100 valence electrons. The van der Waals surface area contributed by atoms with Crippen molar-refractivity contribution in [2.45, 2.75) is 16.7 Å². The predicted octanol–water partition coefficient (Wildman–Crippen LogP) is 2.21. The van der Waals surface area contributed by atoms with Crippen molar-refractivity contribution in [1.82, 2.24) is 0 Å². The van der Waals surface area contributed by atoms with E-state index < -0.39 is 10.8 Å². The Morgan fingerprint density at radius 3 is 2.40 bits per heavy atom. The lowest BCUT2D eigenvalue weighted by atomic mass is 10.1. The average Bonchev–Trinajstić information content (AvgIpc) is 2.74. The fourth-order valence-electron chi connectivity index (χ4n) is 2.10. The fourth-order valence-corrected chi connectivity index (χ4v) is 3.17. The average molecular weight is 283 g/mol. The number of rotatable bonds is 2. The zero-order chi connectivity index (χ0) is 14.3. The summed E-state index contributed by atoms with van der Waals surface area (Å²) < 4.78 is 12.5. The van der Waals surface area contributed by atoms with Crippen LogP contribution in [0.2, 0.25) is 0 Å². The molecule has 0 radical (unpaired) electrons. The van der Waals surface area contributed by atoms with Gasteiger partial charge in [0, 0.05) is 20.9 Å². The van der Waals surface area contributed by atoms with Crippen molar-refractivity contribution >= 4 is 22.5 Å². The molecule has 0 saturated heterocycles. The molecule has 2 aromatic carbocycles. The van der Waals surface area contributed by atoms with Crippen molar-refractivity contribution in [3.8, 4) is 0 Å². The first-order chi connectivity index (χ1) is 9.56. The second-order valence-electron chi connectivity index (χ2n) is 4.63. The Morgan fingerprint density at radius 1 is 1.05 bits per heavy atom. The summed E-state index contributed by atoms with van der Waals surface area (Å²) in [4.78, 5) is 5.32. The van der Waals surface area contributed by atoms with E-state index in [9.17, 15) is 4.21 Å². The second kappa shape index (κ2) is 4.68. The van der Waals surface area contributed by atoms with Gasteiger partial charge in [0.2, 0.25) is 0 Å². The van der Waals surface area contributed by atoms with E-state index in [4.69, 9.17) is 11.1 Å². The van der Waals surface area contributed by atoms with Gasteiger partial charge in [-0.25, -0.2) is 9.20 Å². The minimum atomic E-state index is -1.26. The Morgan fingerprint density at radius 2 is 1.70 bits per heavy atom. The molecule has 1 atom stereocenters. The second-order valence-corrected chi connectivity index (χ2v) is 6.12. The Kier molecular flexibility index (Phi) is 2.99. The standard InChI is InChI=1S/C15H13N3OS/c1-9-2-4-10(5-3-9)20(19)11-6-7-12-13(8-11)15(17)18-14(12)16/h2-8H,1H3,(H3,16,17,18). The lowest BCUT2D eigenvalue weighted by molar-refractivity contribution is 0.683. The van der Waals surface area contributed by atoms with E-state index in [1.54, 1.807) is 18.2 Å². The van der Waals surface area contributed by atoms with E-state index >= 15 is 0 Å². The quantitative estimate of drug-likeness (QED) is 0.886. The molecule has 4 nitrogen and oxygen atoms in total. The highest BCUT2D eigenvalue weighted by atomic mass is 32.2. The third kappa shape index (κ3) is 2.06. The molecule has 0 spiro atoms. The maximum atomic E-state index is 12.5. The first-order valence-corrected chi connectivity index (χ1v) is 7.27. The summed E-state index contributed by atoms with van der Waals surface area (Å²) in [6, 6.07) is 12.9. The maximum Gasteiger partial charge on any atom is 0.154 e. The summed E-state index contributed by atoms with van der Waals surface area (Å²) in [5, 5.41) is 7.76. The van der Waals surface area contributed by atoms with Crippen molar-refractivity contribution in [2.75, 3.05) is 0 Å². The number of fused-ring (bicyclic) bond motifs is 1. The Balaban J connectivity index is 2.01. The van der Waals surface area contributed by atoms with Gasteiger partial charge in [0.25, 0.3) is 0 Å². The van der Waals surface area contributed by atoms with Gasteiger partial charge >= 0.3 is 0 Å². The Labute approximate surface area is 119 Å². The van der Waals surface area contributed by atoms with Crippen molar-refractivity contribution in [2.24, 2.45) is 10.7 Å². The van der Waals surface area contributed by atoms with Crippen molar-refractivity contribution in [1.29, 1.82) is 5.41 Å². The number of nitrogens with two attached hydrogens (primary N) is 1. The van der Waals surface area contributed by atoms with E-state index in [1.165, 1.54) is 0 Å². The number of aryl methyl sites for hydroxylation is 1. The molecule has 0 fully saturated rings. The lowest BCUT2D eigenvalue weighted by Gasteiger charge is -2.05. The monoisotopic (exact) mass is 283 g/mol. The molecule has 0 aliphatic carbocycles. The topological polar surface area (TPSA) is 79.3 Å². The SMILES string of the molecule is Cc1ccc(S(=O)c2ccc3c(c2)C(=N)N=C3N)cc1. The lowest BCUT2D eigenvalue weighted by Crippen LogP contribution is -2.10. The van der Waals surface area contributed by atoms with Crippen LogP contribution in [0.5, 0.6) is 0 Å². The van der Waals surface area contributed by atoms with Crippen molar-refractivity contribution < 1.29 is 4.21 Å². The molecular formula is C15H13N3OS. The molecule has 1 aliphatic rings. The van der Waals surface area contributed by atoms with E-state index in [2.05, 4.69) is 4.99 Å². The number of nitrogens with one attached hydrogen (secondary N) is 1. The molecule has 0 aromatic heterocycles. The van der Waals surface area contributed by atoms with Crippen LogP contribution in [0.25, 0.3) is 0 Å². The van der Waals surface area contributed by atoms with E-state index in [0.717, 1.165) is 16.0 Å². The normalized spacial score (nSPS) is 14.8. The number of nitrogens with zero attached hydrogens (tertiary/aromatic N) is 1. The molecule has 20 heavy (non-hydrogen) atoms. The van der Waals surface area contributed by atoms with Crippen LogP contribution >= 0.6 is 0 Å². The van der Waals surface area contributed by atoms with Crippen molar-refractivity contribution in [3.05, 3.63) is 59.2 Å². The maximum absolute atomic E-state index is 12.5. The third-order valence-corrected chi connectivity index (χ3v) is 4.59. The van der Waals surface area contributed by atoms with E-state index in [0.29, 0.717) is 16.3 Å². The summed E-state index contributed by atoms with van der Waals surface area (Å²) in [5.41, 5.74) is 8.23. The van der Waals surface area contributed by atoms with Crippen LogP contribution in [0.15, 0.2) is 57.2 Å². The largest absolute Gasteiger partial charge is 0.383 e. The number of benzene rings is 2. The van der Waals surface area contributed by atoms with Gasteiger partial charge in [-0.2, -0.15) is 0 Å². The van der Waals surface area contributed by atoms with Crippen LogP contribution in [-0.2, 0) is 10.8 Å². The molecule has 0 saturated carbocycles. The summed E-state index contributed by atoms with van der Waals surface area (Å²) in [5.74, 6) is 0.470. The Hall–Kier alpha value is -2.27. The van der Waals surface area contributed by atoms with Gasteiger partial charge in [-0.05, 0) is 37.3 Å². The van der Waals surface area contributed by atoms with Gasteiger partial charge in [-0.15, -0.1) is 0 Å². The van der Waals surface area contributed by atoms with E-state index in [1.807, 2.05) is 31.2 Å². The zero-order valence-corrected chi connectivity index (χ0v) is 11.7. The van der Waals surface area contributed by atoms with Gasteiger partial charge in [0.1, 0.15) is 5.84 Å². The number of hydrogen-bond donors (Lipinski definition) is 2. The first-order valence-electron chi connectivity index (χ1n) is 6.12. The molecular weight excluding hydrogens is 270 g/mol. The van der Waals surface area contributed by atoms with Crippen LogP contribution in [-0.4, -0.2) is 15.9 Å². The summed E-state index contributed by atoms with van der Waals surface area (Å²) in [7, 11) is -1.26. The van der Waals surface area contributed by atoms with Crippen LogP contribution in [0.1, 0.15) is 16.7 Å². The summed E-state index contributed by atoms with van der Waals surface area (Å²) in [6.07, 6.45) is 0. The first kappa shape index (κ1) is 12.7. The van der Waals surface area contributed by atoms with Crippen LogP contribution < -0.4 is 5.73 Å². The van der Waals surface area contributed by atoms with Gasteiger partial charge in [0.05, 0.1) is 10.8 Å². The number of aliphatic imine (C=N–C) groups is 1. The number of hydrogen-bond acceptors (Lipinski definition) is 3. The number of amidine groups is 2. The summed E-state index contributed by atoms with van der Waals surface area (Å²) in [6.45, 7) is 1.99. The van der Waals surface area contributed by atoms with Gasteiger partial charge < -0.3 is 5.73 Å². The van der Waals surface area contributed by atoms with Crippen LogP contribution in [0, 0.1) is 12.3 Å². The fraction of sp³-hybridized carbons (Fsp3) is 0.0667. The van der Waals surface area contributed by atoms with Gasteiger partial charge in [0.15, 0.2) is 5.84 Å². The molecule has 1 heterocycles. The molecule has 5 heteroatoms. The highest BCUT2D eigenvalue weighted by Gasteiger charge is 2.20.